The van der Waals surface area contributed by atoms with Crippen LogP contribution in [0.2, 0.25) is 0 Å². The van der Waals surface area contributed by atoms with Crippen LogP contribution in [0.5, 0.6) is 0 Å². The molecule has 0 fully saturated rings. The summed E-state index contributed by atoms with van der Waals surface area (Å²) in [5.74, 6) is -1.99. The summed E-state index contributed by atoms with van der Waals surface area (Å²) in [5.41, 5.74) is 0. The van der Waals surface area contributed by atoms with E-state index in [0.717, 1.165) is 103 Å². The average molecular weight is 1410 g/mol. The summed E-state index contributed by atoms with van der Waals surface area (Å²) in [5, 5.41) is 9.79. The molecule has 0 saturated carbocycles. The molecule has 0 aromatic heterocycles. The number of carbonyl (C=O) groups is 3. The number of nitrogens with zero attached hydrogens (tertiary/aromatic N) is 1. The normalized spacial score (nSPS) is 13.2. The zero-order chi connectivity index (χ0) is 73.2. The first kappa shape index (κ1) is 96.7. The summed E-state index contributed by atoms with van der Waals surface area (Å²) < 4.78 is 23.1. The number of unbranched alkanes of at least 4 members (excludes halogenated alkanes) is 44. The Labute approximate surface area is 625 Å². The fourth-order valence-corrected chi connectivity index (χ4v) is 12.2. The highest BCUT2D eigenvalue weighted by atomic mass is 16.7. The standard InChI is InChI=1S/C92H161NO8/c1-6-8-10-12-14-16-18-20-22-24-26-28-30-32-34-36-38-40-42-44-45-47-49-51-53-55-57-59-61-63-65-67-69-71-73-75-77-79-81-83-90(95)101-88(87-100-92(91(96)97)98-85-84-93(3,4)5)86-99-89(94)82-80-78-76-74-72-70-68-66-64-62-60-58-56-54-52-50-48-46-43-41-39-37-35-33-31-29-27-25-23-21-19-17-15-13-11-9-7-2/h8,10,14,16,20,22,25-28,32,34,38,40,44-45,49,51,55,57,88,92H,6-7,9,11-13,15,17-19,21,23-24,29-31,33,35-37,39,41-43,46-48,50,52-54,56,58-87H2,1-5H3/p+1/b10-8-,16-14-,22-20-,27-25-,28-26-,34-32-,40-38-,45-44-,51-49-,57-55-. The van der Waals surface area contributed by atoms with Gasteiger partial charge in [-0.3, -0.25) is 9.59 Å². The van der Waals surface area contributed by atoms with Gasteiger partial charge >= 0.3 is 17.9 Å². The van der Waals surface area contributed by atoms with Crippen LogP contribution < -0.4 is 0 Å². The highest BCUT2D eigenvalue weighted by Crippen LogP contribution is 2.19. The first-order valence-corrected chi connectivity index (χ1v) is 42.7. The number of ether oxygens (including phenoxy) is 4. The first-order chi connectivity index (χ1) is 49.6. The molecule has 2 atom stereocenters. The minimum absolute atomic E-state index is 0.184. The van der Waals surface area contributed by atoms with Gasteiger partial charge < -0.3 is 28.5 Å². The third kappa shape index (κ3) is 82.8. The molecule has 0 aromatic carbocycles. The van der Waals surface area contributed by atoms with Gasteiger partial charge in [0.2, 0.25) is 0 Å². The van der Waals surface area contributed by atoms with E-state index in [2.05, 4.69) is 135 Å². The van der Waals surface area contributed by atoms with Crippen molar-refractivity contribution in [2.75, 3.05) is 47.5 Å². The molecule has 2 unspecified atom stereocenters. The molecule has 0 aromatic rings. The topological polar surface area (TPSA) is 108 Å². The summed E-state index contributed by atoms with van der Waals surface area (Å²) >= 11 is 0. The molecule has 0 bridgehead atoms. The molecule has 0 saturated heterocycles. The van der Waals surface area contributed by atoms with Gasteiger partial charge in [-0.1, -0.05) is 386 Å². The van der Waals surface area contributed by atoms with E-state index in [1.54, 1.807) is 0 Å². The van der Waals surface area contributed by atoms with Crippen LogP contribution in [0.25, 0.3) is 0 Å². The van der Waals surface area contributed by atoms with Crippen LogP contribution in [0.4, 0.5) is 0 Å². The molecule has 0 aliphatic carbocycles. The SMILES string of the molecule is CC/C=C\C/C=C\C/C=C\C/C=C\C/C=C\C/C=C\C/C=C\C/C=C\C/C=C\CCCCCCCCCCCCCC(=O)OC(COC(=O)CCCCCCCCCCCCCCCCCCCCCCCCCCC/C=C\CCCCCCCCCC)COC(OCC[N+](C)(C)C)C(=O)O. The van der Waals surface area contributed by atoms with E-state index in [1.807, 2.05) is 21.1 Å². The van der Waals surface area contributed by atoms with Gasteiger partial charge in [-0.05, 0) is 109 Å². The minimum atomic E-state index is -1.52. The Balaban J connectivity index is 4.01. The molecule has 0 heterocycles. The Kier molecular flexibility index (Phi) is 77.9. The average Bonchev–Trinajstić information content (AvgIpc) is 1.21. The monoisotopic (exact) mass is 1410 g/mol. The van der Waals surface area contributed by atoms with Crippen LogP contribution in [0.1, 0.15) is 386 Å². The van der Waals surface area contributed by atoms with Gasteiger partial charge in [0.15, 0.2) is 6.10 Å². The fourth-order valence-electron chi connectivity index (χ4n) is 12.2. The van der Waals surface area contributed by atoms with Gasteiger partial charge in [0.1, 0.15) is 13.2 Å². The van der Waals surface area contributed by atoms with Crippen molar-refractivity contribution in [3.63, 3.8) is 0 Å². The molecule has 0 aliphatic rings. The Morgan fingerprint density at radius 1 is 0.307 bits per heavy atom. The highest BCUT2D eigenvalue weighted by molar-refractivity contribution is 5.71. The van der Waals surface area contributed by atoms with Gasteiger partial charge in [-0.15, -0.1) is 0 Å². The van der Waals surface area contributed by atoms with Crippen LogP contribution in [0.15, 0.2) is 122 Å². The predicted octanol–water partition coefficient (Wildman–Crippen LogP) is 27.8. The molecule has 0 aliphatic heterocycles. The lowest BCUT2D eigenvalue weighted by Crippen LogP contribution is -2.40. The second-order valence-corrected chi connectivity index (χ2v) is 29.8. The number of hydrogen-bond donors (Lipinski definition) is 1. The van der Waals surface area contributed by atoms with Crippen molar-refractivity contribution in [1.82, 2.24) is 0 Å². The summed E-state index contributed by atoms with van der Waals surface area (Å²) in [4.78, 5) is 37.8. The van der Waals surface area contributed by atoms with Crippen molar-refractivity contribution in [2.45, 2.75) is 399 Å². The van der Waals surface area contributed by atoms with Gasteiger partial charge in [0, 0.05) is 12.8 Å². The summed E-state index contributed by atoms with van der Waals surface area (Å²) in [6.07, 6.45) is 114. The maximum Gasteiger partial charge on any atom is 0.361 e. The van der Waals surface area contributed by atoms with Gasteiger partial charge in [0.25, 0.3) is 6.29 Å². The second-order valence-electron chi connectivity index (χ2n) is 29.8. The van der Waals surface area contributed by atoms with Crippen LogP contribution in [0.3, 0.4) is 0 Å². The van der Waals surface area contributed by atoms with E-state index in [0.29, 0.717) is 23.9 Å². The largest absolute Gasteiger partial charge is 0.477 e. The lowest BCUT2D eigenvalue weighted by molar-refractivity contribution is -0.870. The summed E-state index contributed by atoms with van der Waals surface area (Å²) in [6, 6.07) is 0. The second kappa shape index (κ2) is 81.4. The van der Waals surface area contributed by atoms with Crippen molar-refractivity contribution < 1.29 is 42.9 Å². The first-order valence-electron chi connectivity index (χ1n) is 42.7. The molecule has 101 heavy (non-hydrogen) atoms. The van der Waals surface area contributed by atoms with Gasteiger partial charge in [0.05, 0.1) is 34.4 Å². The lowest BCUT2D eigenvalue weighted by atomic mass is 10.0. The molecule has 582 valence electrons. The van der Waals surface area contributed by atoms with Gasteiger partial charge in [-0.2, -0.15) is 0 Å². The van der Waals surface area contributed by atoms with Crippen molar-refractivity contribution in [1.29, 1.82) is 0 Å². The fraction of sp³-hybridized carbons (Fsp3) is 0.750. The summed E-state index contributed by atoms with van der Waals surface area (Å²) in [6.45, 7) is 4.80. The molecular weight excluding hydrogens is 1250 g/mol. The minimum Gasteiger partial charge on any atom is -0.477 e. The number of carbonyl (C=O) groups excluding carboxylic acids is 2. The number of likely N-dealkylation sites (N-methyl/N-ethyl adjacent to an activating group) is 1. The van der Waals surface area contributed by atoms with Crippen LogP contribution in [-0.4, -0.2) is 87.4 Å². The molecule has 0 amide bonds. The maximum absolute atomic E-state index is 13.0. The van der Waals surface area contributed by atoms with E-state index in [9.17, 15) is 19.5 Å². The summed E-state index contributed by atoms with van der Waals surface area (Å²) in [7, 11) is 5.99. The highest BCUT2D eigenvalue weighted by Gasteiger charge is 2.25. The number of hydrogen-bond acceptors (Lipinski definition) is 7. The third-order valence-corrected chi connectivity index (χ3v) is 18.7. The number of carboxylic acids is 1. The number of rotatable bonds is 79. The lowest BCUT2D eigenvalue weighted by Gasteiger charge is -2.25. The third-order valence-electron chi connectivity index (χ3n) is 18.7. The van der Waals surface area contributed by atoms with E-state index in [4.69, 9.17) is 18.9 Å². The van der Waals surface area contributed by atoms with E-state index >= 15 is 0 Å². The zero-order valence-electron chi connectivity index (χ0n) is 66.8. The van der Waals surface area contributed by atoms with Crippen LogP contribution in [-0.2, 0) is 33.3 Å². The number of aliphatic carboxylic acids is 1. The molecule has 0 rings (SSSR count). The van der Waals surface area contributed by atoms with Crippen molar-refractivity contribution in [2.24, 2.45) is 0 Å². The van der Waals surface area contributed by atoms with E-state index < -0.39 is 24.3 Å². The smallest absolute Gasteiger partial charge is 0.361 e. The molecular formula is C92H162NO8+. The van der Waals surface area contributed by atoms with Crippen LogP contribution in [0, 0.1) is 0 Å². The van der Waals surface area contributed by atoms with Crippen molar-refractivity contribution >= 4 is 17.9 Å². The molecule has 9 heteroatoms. The van der Waals surface area contributed by atoms with Crippen LogP contribution >= 0.6 is 0 Å². The maximum atomic E-state index is 13.0. The number of esters is 2. The zero-order valence-corrected chi connectivity index (χ0v) is 66.8. The quantitative estimate of drug-likeness (QED) is 0.0211. The van der Waals surface area contributed by atoms with Gasteiger partial charge in [-0.25, -0.2) is 4.79 Å². The Bertz CT molecular complexity index is 2090. The number of quaternary nitrogens is 1. The Morgan fingerprint density at radius 3 is 0.851 bits per heavy atom. The molecule has 0 spiro atoms. The predicted molar refractivity (Wildman–Crippen MR) is 438 cm³/mol. The van der Waals surface area contributed by atoms with Crippen molar-refractivity contribution in [3.8, 4) is 0 Å². The Morgan fingerprint density at radius 2 is 0.564 bits per heavy atom. The number of allylic oxidation sites excluding steroid dienone is 20. The van der Waals surface area contributed by atoms with Crippen molar-refractivity contribution in [3.05, 3.63) is 122 Å². The molecule has 9 nitrogen and oxygen atoms in total. The molecule has 0 radical (unpaired) electrons. The molecule has 1 N–H and O–H groups in total. The van der Waals surface area contributed by atoms with E-state index in [1.165, 1.54) is 250 Å². The van der Waals surface area contributed by atoms with E-state index in [-0.39, 0.29) is 32.2 Å². The number of carboxylic acid groups (broad SMARTS) is 1. The Hall–Kier alpha value is -4.31.